The second-order valence-corrected chi connectivity index (χ2v) is 23.9. The van der Waals surface area contributed by atoms with Crippen molar-refractivity contribution in [3.8, 4) is 45.6 Å². The first-order chi connectivity index (χ1) is 42.6. The Hall–Kier alpha value is -8.56. The second kappa shape index (κ2) is 30.2. The molecule has 2 saturated carbocycles. The molecule has 0 spiro atoms. The van der Waals surface area contributed by atoms with E-state index in [-0.39, 0.29) is 16.6 Å². The van der Waals surface area contributed by atoms with Crippen LogP contribution in [-0.2, 0) is 10.8 Å². The van der Waals surface area contributed by atoms with Gasteiger partial charge in [-0.2, -0.15) is 0 Å². The predicted octanol–water partition coefficient (Wildman–Crippen LogP) is 20.2. The van der Waals surface area contributed by atoms with Gasteiger partial charge in [-0.05, 0) is 187 Å². The molecule has 8 aromatic rings. The molecule has 0 N–H and O–H groups in total. The van der Waals surface area contributed by atoms with E-state index in [1.54, 1.807) is 79.9 Å². The van der Waals surface area contributed by atoms with Gasteiger partial charge in [0.25, 0.3) is 0 Å². The van der Waals surface area contributed by atoms with Crippen molar-refractivity contribution in [2.45, 2.75) is 159 Å². The molecule has 0 aromatic heterocycles. The lowest BCUT2D eigenvalue weighted by Crippen LogP contribution is -2.28. The van der Waals surface area contributed by atoms with Crippen molar-refractivity contribution >= 4 is 23.7 Å². The van der Waals surface area contributed by atoms with E-state index >= 15 is 0 Å². The van der Waals surface area contributed by atoms with Crippen LogP contribution in [0.4, 0.5) is 0 Å². The number of Topliss-reactive ketones (excluding diaryl/α,β-unsaturated/α-hetero) is 1. The number of ketones is 1. The van der Waals surface area contributed by atoms with Crippen LogP contribution in [0.2, 0.25) is 0 Å². The lowest BCUT2D eigenvalue weighted by molar-refractivity contribution is 0.0725. The minimum absolute atomic E-state index is 0.0139. The van der Waals surface area contributed by atoms with E-state index in [1.165, 1.54) is 95.1 Å². The molecule has 0 bridgehead atoms. The first-order valence-corrected chi connectivity index (χ1v) is 31.8. The minimum Gasteiger partial charge on any atom is -0.497 e. The van der Waals surface area contributed by atoms with Gasteiger partial charge in [0.05, 0.1) is 23.8 Å². The topological polar surface area (TPSA) is 114 Å². The van der Waals surface area contributed by atoms with E-state index < -0.39 is 17.9 Å². The van der Waals surface area contributed by atoms with Gasteiger partial charge in [0, 0.05) is 16.4 Å². The molecular weight excluding hydrogens is 1080 g/mol. The highest BCUT2D eigenvalue weighted by Gasteiger charge is 2.35. The first-order valence-electron chi connectivity index (χ1n) is 31.8. The molecule has 8 aromatic carbocycles. The summed E-state index contributed by atoms with van der Waals surface area (Å²) in [7, 11) is 1.71. The molecule has 0 saturated heterocycles. The second-order valence-electron chi connectivity index (χ2n) is 23.9. The number of methoxy groups -OCH3 is 1. The van der Waals surface area contributed by atoms with E-state index in [1.807, 2.05) is 60.7 Å². The van der Waals surface area contributed by atoms with E-state index in [4.69, 9.17) is 23.7 Å². The Morgan fingerprint density at radius 1 is 0.276 bits per heavy atom. The Labute approximate surface area is 514 Å². The fourth-order valence-electron chi connectivity index (χ4n) is 13.0. The zero-order valence-corrected chi connectivity index (χ0v) is 50.7. The van der Waals surface area contributed by atoms with Gasteiger partial charge in [-0.25, -0.2) is 14.4 Å². The molecule has 9 nitrogen and oxygen atoms in total. The average molecular weight is 1160 g/mol. The minimum atomic E-state index is -0.471. The largest absolute Gasteiger partial charge is 0.497 e. The molecule has 0 radical (unpaired) electrons. The van der Waals surface area contributed by atoms with Crippen molar-refractivity contribution in [1.29, 1.82) is 0 Å². The zero-order chi connectivity index (χ0) is 60.3. The fraction of sp³-hybridized carbons (Fsp3) is 0.333. The highest BCUT2D eigenvalue weighted by atomic mass is 16.5. The number of ether oxygens (including phenoxy) is 5. The van der Waals surface area contributed by atoms with E-state index in [0.29, 0.717) is 51.0 Å². The summed E-state index contributed by atoms with van der Waals surface area (Å²) in [5.74, 6) is 2.06. The molecule has 87 heavy (non-hydrogen) atoms. The molecule has 2 aliphatic carbocycles. The molecular formula is C78H82O9. The maximum absolute atomic E-state index is 13.7. The van der Waals surface area contributed by atoms with Crippen molar-refractivity contribution in [3.05, 3.63) is 239 Å². The van der Waals surface area contributed by atoms with E-state index in [0.717, 1.165) is 92.2 Å². The Kier molecular flexibility index (Phi) is 21.3. The molecule has 448 valence electrons. The van der Waals surface area contributed by atoms with Crippen molar-refractivity contribution < 1.29 is 42.9 Å². The third kappa shape index (κ3) is 16.1. The lowest BCUT2D eigenvalue weighted by atomic mass is 9.67. The normalized spacial score (nSPS) is 16.0. The van der Waals surface area contributed by atoms with Gasteiger partial charge in [0.15, 0.2) is 5.78 Å². The average Bonchev–Trinajstić information content (AvgIpc) is 2.21. The third-order valence-electron chi connectivity index (χ3n) is 18.1. The molecule has 0 aliphatic heterocycles. The Bertz CT molecular complexity index is 3470. The number of rotatable bonds is 15. The van der Waals surface area contributed by atoms with Crippen LogP contribution in [0, 0.1) is 0 Å². The van der Waals surface area contributed by atoms with Crippen LogP contribution in [-0.4, -0.2) is 30.8 Å². The summed E-state index contributed by atoms with van der Waals surface area (Å²) in [6.45, 7) is 1.52. The molecule has 0 amide bonds. The summed E-state index contributed by atoms with van der Waals surface area (Å²) in [5.41, 5.74) is 8.09. The molecule has 0 heterocycles. The third-order valence-corrected chi connectivity index (χ3v) is 18.1. The SMILES string of the molecule is COc1ccc(C2(c3ccc(OC(=O)c4ccc(-c5ccc(C(=O)Oc6ccc(C7(c8ccc(OC(=O)c9ccc(Oc%10ccc(C(C)=O)cc%10)cc9)cc8)CCCCCCCCCCC7)cc6)cc5)cc4)cc3)CCCCCCCCCCC2)cc1. The van der Waals surface area contributed by atoms with E-state index in [2.05, 4.69) is 60.7 Å². The van der Waals surface area contributed by atoms with Crippen LogP contribution < -0.4 is 23.7 Å². The Morgan fingerprint density at radius 2 is 0.506 bits per heavy atom. The smallest absolute Gasteiger partial charge is 0.343 e. The van der Waals surface area contributed by atoms with Crippen LogP contribution in [0.5, 0.6) is 34.5 Å². The first kappa shape index (κ1) is 61.5. The summed E-state index contributed by atoms with van der Waals surface area (Å²) in [4.78, 5) is 52.3. The summed E-state index contributed by atoms with van der Waals surface area (Å²) in [6.07, 6.45) is 26.1. The van der Waals surface area contributed by atoms with Crippen molar-refractivity contribution in [3.63, 3.8) is 0 Å². The Balaban J connectivity index is 0.769. The van der Waals surface area contributed by atoms with Crippen molar-refractivity contribution in [2.24, 2.45) is 0 Å². The predicted molar refractivity (Wildman–Crippen MR) is 345 cm³/mol. The fourth-order valence-corrected chi connectivity index (χ4v) is 13.0. The Morgan fingerprint density at radius 3 is 0.770 bits per heavy atom. The lowest BCUT2D eigenvalue weighted by Gasteiger charge is -2.36. The molecule has 9 heteroatoms. The molecule has 10 rings (SSSR count). The number of carbonyl (C=O) groups excluding carboxylic acids is 4. The maximum Gasteiger partial charge on any atom is 0.343 e. The van der Waals surface area contributed by atoms with Gasteiger partial charge in [-0.3, -0.25) is 4.79 Å². The van der Waals surface area contributed by atoms with Crippen molar-refractivity contribution in [2.75, 3.05) is 7.11 Å². The van der Waals surface area contributed by atoms with Crippen LogP contribution in [0.3, 0.4) is 0 Å². The summed E-state index contributed by atoms with van der Waals surface area (Å²) in [5, 5.41) is 0. The van der Waals surface area contributed by atoms with Gasteiger partial charge in [-0.15, -0.1) is 0 Å². The monoisotopic (exact) mass is 1160 g/mol. The number of benzene rings is 8. The van der Waals surface area contributed by atoms with Crippen LogP contribution >= 0.6 is 0 Å². The number of hydrogen-bond acceptors (Lipinski definition) is 9. The van der Waals surface area contributed by atoms with Crippen LogP contribution in [0.15, 0.2) is 194 Å². The maximum atomic E-state index is 13.7. The molecule has 2 fully saturated rings. The molecule has 0 unspecified atom stereocenters. The molecule has 2 aliphatic rings. The number of hydrogen-bond donors (Lipinski definition) is 0. The standard InChI is InChI=1S/C78H82O9/c1-57(79)58-29-41-69(42-30-58)84-70-43-31-63(32-44-70)76(82)87-73-51-39-67(40-52-73)78(55-19-15-11-7-4-8-12-16-20-56-78)66-37-49-72(50-38-66)86-75(81)62-27-23-60(24-28-62)59-21-25-61(26-22-59)74(80)85-71-47-35-65(36-48-71)77(64-33-45-68(83-2)46-34-64)53-17-13-9-5-3-6-10-14-18-54-77/h21-52H,3-20,53-56H2,1-2H3. The quantitative estimate of drug-likeness (QED) is 0.0562. The summed E-state index contributed by atoms with van der Waals surface area (Å²) >= 11 is 0. The van der Waals surface area contributed by atoms with Gasteiger partial charge in [-0.1, -0.05) is 188 Å². The summed E-state index contributed by atoms with van der Waals surface area (Å²) < 4.78 is 29.3. The summed E-state index contributed by atoms with van der Waals surface area (Å²) in [6, 6.07) is 61.2. The van der Waals surface area contributed by atoms with Crippen molar-refractivity contribution in [1.82, 2.24) is 0 Å². The van der Waals surface area contributed by atoms with Crippen LogP contribution in [0.1, 0.15) is 212 Å². The van der Waals surface area contributed by atoms with Gasteiger partial charge < -0.3 is 23.7 Å². The highest BCUT2D eigenvalue weighted by Crippen LogP contribution is 2.46. The molecule has 0 atom stereocenters. The zero-order valence-electron chi connectivity index (χ0n) is 50.7. The van der Waals surface area contributed by atoms with Gasteiger partial charge in [0.1, 0.15) is 34.5 Å². The van der Waals surface area contributed by atoms with E-state index in [9.17, 15) is 19.2 Å². The highest BCUT2D eigenvalue weighted by molar-refractivity contribution is 5.94. The number of carbonyl (C=O) groups is 4. The number of esters is 3. The van der Waals surface area contributed by atoms with Gasteiger partial charge in [0.2, 0.25) is 0 Å². The van der Waals surface area contributed by atoms with Crippen LogP contribution in [0.25, 0.3) is 11.1 Å². The van der Waals surface area contributed by atoms with Gasteiger partial charge >= 0.3 is 17.9 Å².